The molecule has 0 aliphatic rings. The lowest BCUT2D eigenvalue weighted by Crippen LogP contribution is -2.22. The van der Waals surface area contributed by atoms with Crippen LogP contribution in [-0.2, 0) is 11.0 Å². The molecule has 156 valence electrons. The number of rotatable bonds is 5. The number of aromatic nitrogens is 2. The Morgan fingerprint density at radius 3 is 2.53 bits per heavy atom. The highest BCUT2D eigenvalue weighted by Gasteiger charge is 2.31. The zero-order chi connectivity index (χ0) is 21.9. The van der Waals surface area contributed by atoms with Gasteiger partial charge < -0.3 is 5.32 Å². The van der Waals surface area contributed by atoms with Gasteiger partial charge in [0, 0.05) is 11.8 Å². The van der Waals surface area contributed by atoms with Crippen LogP contribution >= 0.6 is 23.4 Å². The zero-order valence-corrected chi connectivity index (χ0v) is 17.1. The largest absolute Gasteiger partial charge is 0.416 e. The summed E-state index contributed by atoms with van der Waals surface area (Å²) in [7, 11) is 0. The summed E-state index contributed by atoms with van der Waals surface area (Å²) in [5, 5.41) is 2.65. The minimum Gasteiger partial charge on any atom is -0.324 e. The Labute approximate surface area is 178 Å². The second kappa shape index (κ2) is 8.93. The summed E-state index contributed by atoms with van der Waals surface area (Å²) < 4.78 is 40.0. The van der Waals surface area contributed by atoms with Crippen LogP contribution in [0.4, 0.5) is 18.9 Å². The number of carbonyl (C=O) groups excluding carboxylic acids is 1. The van der Waals surface area contributed by atoms with Gasteiger partial charge in [0.05, 0.1) is 27.7 Å². The number of carbonyl (C=O) groups is 1. The van der Waals surface area contributed by atoms with E-state index in [4.69, 9.17) is 11.6 Å². The molecule has 1 aromatic heterocycles. The molecule has 0 saturated carbocycles. The molecular weight excluding hydrogens is 439 g/mol. The molecule has 2 aromatic carbocycles. The Morgan fingerprint density at radius 2 is 1.87 bits per heavy atom. The first kappa shape index (κ1) is 21.9. The Kier molecular flexibility index (Phi) is 6.52. The van der Waals surface area contributed by atoms with Crippen molar-refractivity contribution in [1.29, 1.82) is 0 Å². The van der Waals surface area contributed by atoms with E-state index in [0.29, 0.717) is 11.4 Å². The van der Waals surface area contributed by atoms with E-state index in [-0.39, 0.29) is 27.2 Å². The topological polar surface area (TPSA) is 64.0 Å². The van der Waals surface area contributed by atoms with Crippen LogP contribution in [0.1, 0.15) is 11.3 Å². The molecule has 1 heterocycles. The second-order valence-corrected chi connectivity index (χ2v) is 7.57. The molecule has 0 fully saturated rings. The molecule has 0 radical (unpaired) electrons. The molecule has 0 saturated heterocycles. The lowest BCUT2D eigenvalue weighted by atomic mass is 10.2. The van der Waals surface area contributed by atoms with E-state index in [1.165, 1.54) is 10.6 Å². The smallest absolute Gasteiger partial charge is 0.324 e. The van der Waals surface area contributed by atoms with Crippen molar-refractivity contribution >= 4 is 35.0 Å². The van der Waals surface area contributed by atoms with E-state index in [1.54, 1.807) is 37.3 Å². The van der Waals surface area contributed by atoms with Gasteiger partial charge in [-0.1, -0.05) is 41.6 Å². The van der Waals surface area contributed by atoms with Crippen LogP contribution in [0.2, 0.25) is 5.02 Å². The van der Waals surface area contributed by atoms with Crippen LogP contribution in [0.15, 0.2) is 64.5 Å². The van der Waals surface area contributed by atoms with Gasteiger partial charge >= 0.3 is 6.18 Å². The van der Waals surface area contributed by atoms with Crippen LogP contribution in [0.25, 0.3) is 5.69 Å². The maximum absolute atomic E-state index is 12.9. The molecule has 0 aliphatic carbocycles. The van der Waals surface area contributed by atoms with Gasteiger partial charge in [-0.25, -0.2) is 4.98 Å². The van der Waals surface area contributed by atoms with Gasteiger partial charge in [-0.05, 0) is 37.3 Å². The number of anilines is 1. The fourth-order valence-electron chi connectivity index (χ4n) is 2.60. The van der Waals surface area contributed by atoms with Crippen molar-refractivity contribution in [2.75, 3.05) is 11.1 Å². The van der Waals surface area contributed by atoms with Gasteiger partial charge in [0.25, 0.3) is 5.56 Å². The second-order valence-electron chi connectivity index (χ2n) is 6.22. The molecule has 0 spiro atoms. The van der Waals surface area contributed by atoms with Crippen LogP contribution in [0.5, 0.6) is 0 Å². The molecule has 1 N–H and O–H groups in total. The van der Waals surface area contributed by atoms with Gasteiger partial charge in [0.15, 0.2) is 5.16 Å². The van der Waals surface area contributed by atoms with Gasteiger partial charge in [-0.2, -0.15) is 13.2 Å². The zero-order valence-electron chi connectivity index (χ0n) is 15.5. The molecule has 0 bridgehead atoms. The Hall–Kier alpha value is -2.78. The van der Waals surface area contributed by atoms with Gasteiger partial charge in [-0.3, -0.25) is 14.2 Å². The number of nitrogens with zero attached hydrogens (tertiary/aromatic N) is 2. The number of benzene rings is 2. The van der Waals surface area contributed by atoms with Crippen LogP contribution in [-0.4, -0.2) is 21.2 Å². The highest BCUT2D eigenvalue weighted by Crippen LogP contribution is 2.34. The monoisotopic (exact) mass is 453 g/mol. The summed E-state index contributed by atoms with van der Waals surface area (Å²) in [5.74, 6) is -0.772. The first-order valence-electron chi connectivity index (χ1n) is 8.60. The number of amides is 1. The fourth-order valence-corrected chi connectivity index (χ4v) is 3.63. The number of nitrogens with one attached hydrogen (secondary N) is 1. The molecule has 3 rings (SSSR count). The normalized spacial score (nSPS) is 11.4. The lowest BCUT2D eigenvalue weighted by molar-refractivity contribution is -0.137. The Balaban J connectivity index is 1.80. The molecule has 0 atom stereocenters. The molecule has 1 amide bonds. The molecule has 10 heteroatoms. The number of thioether (sulfide) groups is 1. The summed E-state index contributed by atoms with van der Waals surface area (Å²) in [6.45, 7) is 1.66. The third kappa shape index (κ3) is 5.22. The van der Waals surface area contributed by atoms with E-state index in [9.17, 15) is 22.8 Å². The Morgan fingerprint density at radius 1 is 1.17 bits per heavy atom. The van der Waals surface area contributed by atoms with Gasteiger partial charge in [0.2, 0.25) is 5.91 Å². The fraction of sp³-hybridized carbons (Fsp3) is 0.150. The number of halogens is 4. The standard InChI is InChI=1S/C20H15ClF3N3O2S/c1-12-9-18(29)27(14-5-3-2-4-6-14)19(25-12)30-11-17(28)26-16-10-13(20(22,23)24)7-8-15(16)21/h2-10H,11H2,1H3,(H,26,28). The first-order chi connectivity index (χ1) is 14.1. The van der Waals surface area contributed by atoms with Crippen LogP contribution in [0, 0.1) is 6.92 Å². The average Bonchev–Trinajstić information content (AvgIpc) is 2.67. The summed E-state index contributed by atoms with van der Waals surface area (Å²) >= 11 is 6.90. The number of para-hydroxylation sites is 1. The Bertz CT molecular complexity index is 1130. The van der Waals surface area contributed by atoms with E-state index < -0.39 is 17.6 Å². The lowest BCUT2D eigenvalue weighted by Gasteiger charge is -2.13. The molecule has 5 nitrogen and oxygen atoms in total. The van der Waals surface area contributed by atoms with E-state index in [2.05, 4.69) is 10.3 Å². The van der Waals surface area contributed by atoms with Crippen molar-refractivity contribution < 1.29 is 18.0 Å². The molecular formula is C20H15ClF3N3O2S. The van der Waals surface area contributed by atoms with E-state index in [1.807, 2.05) is 0 Å². The predicted octanol–water partition coefficient (Wildman–Crippen LogP) is 4.94. The van der Waals surface area contributed by atoms with Gasteiger partial charge in [-0.15, -0.1) is 0 Å². The summed E-state index contributed by atoms with van der Waals surface area (Å²) in [6.07, 6.45) is -4.56. The summed E-state index contributed by atoms with van der Waals surface area (Å²) in [6, 6.07) is 12.8. The quantitative estimate of drug-likeness (QED) is 0.439. The highest BCUT2D eigenvalue weighted by molar-refractivity contribution is 7.99. The number of hydrogen-bond donors (Lipinski definition) is 1. The minimum atomic E-state index is -4.56. The summed E-state index contributed by atoms with van der Waals surface area (Å²) in [4.78, 5) is 29.1. The molecule has 30 heavy (non-hydrogen) atoms. The molecule has 0 aliphatic heterocycles. The predicted molar refractivity (Wildman–Crippen MR) is 110 cm³/mol. The highest BCUT2D eigenvalue weighted by atomic mass is 35.5. The van der Waals surface area contributed by atoms with Crippen molar-refractivity contribution in [3.63, 3.8) is 0 Å². The van der Waals surface area contributed by atoms with E-state index >= 15 is 0 Å². The average molecular weight is 454 g/mol. The minimum absolute atomic E-state index is 0.0174. The van der Waals surface area contributed by atoms with Crippen LogP contribution < -0.4 is 10.9 Å². The van der Waals surface area contributed by atoms with Crippen molar-refractivity contribution in [3.8, 4) is 5.69 Å². The van der Waals surface area contributed by atoms with Gasteiger partial charge in [0.1, 0.15) is 0 Å². The number of hydrogen-bond acceptors (Lipinski definition) is 4. The number of aryl methyl sites for hydroxylation is 1. The maximum atomic E-state index is 12.9. The third-order valence-electron chi connectivity index (χ3n) is 3.93. The number of alkyl halides is 3. The molecule has 0 unspecified atom stereocenters. The summed E-state index contributed by atoms with van der Waals surface area (Å²) in [5.41, 5.74) is -0.310. The van der Waals surface area contributed by atoms with Crippen LogP contribution in [0.3, 0.4) is 0 Å². The van der Waals surface area contributed by atoms with Crippen molar-refractivity contribution in [3.05, 3.63) is 81.2 Å². The first-order valence-corrected chi connectivity index (χ1v) is 9.97. The maximum Gasteiger partial charge on any atom is 0.416 e. The van der Waals surface area contributed by atoms with E-state index in [0.717, 1.165) is 30.0 Å². The molecule has 3 aromatic rings. The SMILES string of the molecule is Cc1cc(=O)n(-c2ccccc2)c(SCC(=O)Nc2cc(C(F)(F)F)ccc2Cl)n1. The van der Waals surface area contributed by atoms with Crippen molar-refractivity contribution in [2.24, 2.45) is 0 Å². The van der Waals surface area contributed by atoms with Crippen molar-refractivity contribution in [2.45, 2.75) is 18.3 Å². The van der Waals surface area contributed by atoms with Crippen molar-refractivity contribution in [1.82, 2.24) is 9.55 Å². The third-order valence-corrected chi connectivity index (χ3v) is 5.20.